The Bertz CT molecular complexity index is 1240. The Kier molecular flexibility index (Phi) is 6.45. The minimum absolute atomic E-state index is 0.120. The van der Waals surface area contributed by atoms with Crippen molar-refractivity contribution in [1.82, 2.24) is 24.7 Å². The first-order valence-corrected chi connectivity index (χ1v) is 10.2. The molecule has 10 heteroatoms. The molecule has 1 aromatic carbocycles. The Balaban J connectivity index is 1.99. The summed E-state index contributed by atoms with van der Waals surface area (Å²) < 4.78 is 8.05. The summed E-state index contributed by atoms with van der Waals surface area (Å²) in [5.74, 6) is -0.134. The van der Waals surface area contributed by atoms with Crippen LogP contribution in [-0.2, 0) is 12.0 Å². The van der Waals surface area contributed by atoms with Crippen molar-refractivity contribution in [1.29, 1.82) is 5.41 Å². The fraction of sp³-hybridized carbons (Fsp3) is 0.409. The molecular formula is C22H28N6O4. The molecule has 0 aliphatic rings. The summed E-state index contributed by atoms with van der Waals surface area (Å²) in [6.07, 6.45) is 0. The first-order chi connectivity index (χ1) is 15.0. The zero-order valence-electron chi connectivity index (χ0n) is 18.9. The largest absolute Gasteiger partial charge is 0.491 e. The van der Waals surface area contributed by atoms with E-state index in [0.29, 0.717) is 22.5 Å². The zero-order chi connectivity index (χ0) is 23.6. The second-order valence-electron chi connectivity index (χ2n) is 8.50. The number of amides is 1. The van der Waals surface area contributed by atoms with E-state index in [9.17, 15) is 9.59 Å². The van der Waals surface area contributed by atoms with E-state index < -0.39 is 0 Å². The average molecular weight is 441 g/mol. The van der Waals surface area contributed by atoms with Crippen LogP contribution in [0.25, 0.3) is 5.65 Å². The van der Waals surface area contributed by atoms with Crippen molar-refractivity contribution in [3.8, 4) is 5.75 Å². The van der Waals surface area contributed by atoms with Crippen molar-refractivity contribution >= 4 is 17.3 Å². The van der Waals surface area contributed by atoms with Crippen molar-refractivity contribution in [2.24, 2.45) is 0 Å². The van der Waals surface area contributed by atoms with Gasteiger partial charge in [-0.05, 0) is 47.7 Å². The number of nitrogens with one attached hydrogen (secondary N) is 2. The summed E-state index contributed by atoms with van der Waals surface area (Å²) in [6.45, 7) is 7.67. The highest BCUT2D eigenvalue weighted by molar-refractivity contribution is 5.96. The quantitative estimate of drug-likeness (QED) is 0.473. The van der Waals surface area contributed by atoms with Gasteiger partial charge >= 0.3 is 0 Å². The van der Waals surface area contributed by atoms with Crippen LogP contribution in [0.5, 0.6) is 5.75 Å². The number of aromatic nitrogens is 4. The standard InChI is InChI=1S/C22H28N6O4/c1-13-8-17(20(31)24-5)25-28-19(13)26-27(21(28)23)12-18(30)14-9-15(22(2,3)4)11-16(10-14)32-7-6-29/h8-11,23,29H,6-7,12H2,1-5H3,(H,24,31). The smallest absolute Gasteiger partial charge is 0.271 e. The van der Waals surface area contributed by atoms with Gasteiger partial charge in [-0.3, -0.25) is 15.0 Å². The first-order valence-electron chi connectivity index (χ1n) is 10.2. The summed E-state index contributed by atoms with van der Waals surface area (Å²) >= 11 is 0. The number of ketones is 1. The third kappa shape index (κ3) is 4.70. The molecule has 3 N–H and O–H groups in total. The number of hydrogen-bond acceptors (Lipinski definition) is 7. The van der Waals surface area contributed by atoms with Crippen LogP contribution in [0.2, 0.25) is 0 Å². The molecule has 170 valence electrons. The molecule has 1 amide bonds. The van der Waals surface area contributed by atoms with Crippen molar-refractivity contribution < 1.29 is 19.4 Å². The number of aryl methyl sites for hydroxylation is 1. The SMILES string of the molecule is CNC(=O)c1cc(C)c2nn(CC(=O)c3cc(OCCO)cc(C(C)(C)C)c3)c(=N)n2n1. The van der Waals surface area contributed by atoms with Crippen LogP contribution in [-0.4, -0.2) is 56.5 Å². The van der Waals surface area contributed by atoms with E-state index >= 15 is 0 Å². The number of Topliss-reactive ketones (excluding diaryl/α,β-unsaturated/α-hetero) is 1. The Morgan fingerprint density at radius 2 is 1.91 bits per heavy atom. The van der Waals surface area contributed by atoms with E-state index in [1.807, 2.05) is 26.8 Å². The second kappa shape index (κ2) is 8.91. The molecule has 0 unspecified atom stereocenters. The molecular weight excluding hydrogens is 412 g/mol. The van der Waals surface area contributed by atoms with Crippen molar-refractivity contribution in [3.63, 3.8) is 0 Å². The maximum Gasteiger partial charge on any atom is 0.271 e. The van der Waals surface area contributed by atoms with Gasteiger partial charge in [0.2, 0.25) is 5.62 Å². The van der Waals surface area contributed by atoms with Gasteiger partial charge < -0.3 is 15.2 Å². The van der Waals surface area contributed by atoms with Gasteiger partial charge in [-0.25, -0.2) is 4.68 Å². The molecule has 0 spiro atoms. The molecule has 0 saturated carbocycles. The number of fused-ring (bicyclic) bond motifs is 1. The molecule has 2 heterocycles. The Hall–Kier alpha value is -3.53. The van der Waals surface area contributed by atoms with Gasteiger partial charge in [-0.2, -0.15) is 9.61 Å². The van der Waals surface area contributed by atoms with Crippen molar-refractivity contribution in [2.75, 3.05) is 20.3 Å². The highest BCUT2D eigenvalue weighted by Crippen LogP contribution is 2.28. The fourth-order valence-corrected chi connectivity index (χ4v) is 3.18. The molecule has 0 atom stereocenters. The predicted octanol–water partition coefficient (Wildman–Crippen LogP) is 1.23. The molecule has 2 aromatic heterocycles. The van der Waals surface area contributed by atoms with E-state index in [1.165, 1.54) is 16.2 Å². The molecule has 0 radical (unpaired) electrons. The van der Waals surface area contributed by atoms with Gasteiger partial charge in [0, 0.05) is 12.6 Å². The third-order valence-electron chi connectivity index (χ3n) is 4.98. The fourth-order valence-electron chi connectivity index (χ4n) is 3.18. The number of hydrogen-bond donors (Lipinski definition) is 3. The van der Waals surface area contributed by atoms with E-state index in [4.69, 9.17) is 15.3 Å². The Morgan fingerprint density at radius 1 is 1.19 bits per heavy atom. The molecule has 32 heavy (non-hydrogen) atoms. The number of aliphatic hydroxyl groups excluding tert-OH is 1. The maximum absolute atomic E-state index is 13.1. The molecule has 0 aliphatic carbocycles. The van der Waals surface area contributed by atoms with Crippen molar-refractivity contribution in [3.05, 3.63) is 52.3 Å². The number of ether oxygens (including phenoxy) is 1. The highest BCUT2D eigenvalue weighted by atomic mass is 16.5. The van der Waals surface area contributed by atoms with E-state index in [0.717, 1.165) is 5.56 Å². The minimum atomic E-state index is -0.375. The Labute approximate surface area is 185 Å². The lowest BCUT2D eigenvalue weighted by atomic mass is 9.85. The molecule has 0 fully saturated rings. The monoisotopic (exact) mass is 440 g/mol. The van der Waals surface area contributed by atoms with Crippen LogP contribution in [0.4, 0.5) is 0 Å². The topological polar surface area (TPSA) is 135 Å². The second-order valence-corrected chi connectivity index (χ2v) is 8.50. The predicted molar refractivity (Wildman–Crippen MR) is 117 cm³/mol. The van der Waals surface area contributed by atoms with Crippen LogP contribution in [0.3, 0.4) is 0 Å². The summed E-state index contributed by atoms with van der Waals surface area (Å²) in [7, 11) is 1.50. The number of rotatable bonds is 7. The van der Waals surface area contributed by atoms with Crippen LogP contribution < -0.4 is 15.7 Å². The lowest BCUT2D eigenvalue weighted by Crippen LogP contribution is -2.28. The number of carbonyl (C=O) groups is 2. The molecule has 3 rings (SSSR count). The van der Waals surface area contributed by atoms with Crippen molar-refractivity contribution in [2.45, 2.75) is 39.7 Å². The van der Waals surface area contributed by atoms with Crippen LogP contribution in [0.15, 0.2) is 24.3 Å². The molecule has 0 bridgehead atoms. The van der Waals surface area contributed by atoms with Gasteiger partial charge in [0.05, 0.1) is 6.61 Å². The number of aliphatic hydroxyl groups is 1. The van der Waals surface area contributed by atoms with Gasteiger partial charge in [0.25, 0.3) is 5.91 Å². The van der Waals surface area contributed by atoms with Crippen LogP contribution in [0, 0.1) is 12.3 Å². The zero-order valence-corrected chi connectivity index (χ0v) is 18.9. The van der Waals surface area contributed by atoms with E-state index in [-0.39, 0.29) is 48.2 Å². The summed E-state index contributed by atoms with van der Waals surface area (Å²) in [6, 6.07) is 6.88. The average Bonchev–Trinajstić information content (AvgIpc) is 3.06. The lowest BCUT2D eigenvalue weighted by molar-refractivity contribution is 0.0950. The number of carbonyl (C=O) groups excluding carboxylic acids is 2. The number of nitrogens with zero attached hydrogens (tertiary/aromatic N) is 4. The number of benzene rings is 1. The Morgan fingerprint density at radius 3 is 2.53 bits per heavy atom. The normalized spacial score (nSPS) is 11.6. The molecule has 0 saturated heterocycles. The highest BCUT2D eigenvalue weighted by Gasteiger charge is 2.20. The maximum atomic E-state index is 13.1. The first kappa shape index (κ1) is 23.1. The molecule has 10 nitrogen and oxygen atoms in total. The molecule has 0 aliphatic heterocycles. The summed E-state index contributed by atoms with van der Waals surface area (Å²) in [4.78, 5) is 25.1. The van der Waals surface area contributed by atoms with Gasteiger partial charge in [-0.1, -0.05) is 20.8 Å². The lowest BCUT2D eigenvalue weighted by Gasteiger charge is -2.21. The van der Waals surface area contributed by atoms with Crippen LogP contribution >= 0.6 is 0 Å². The van der Waals surface area contributed by atoms with Gasteiger partial charge in [0.15, 0.2) is 11.4 Å². The summed E-state index contributed by atoms with van der Waals surface area (Å²) in [5, 5.41) is 28.5. The van der Waals surface area contributed by atoms with Gasteiger partial charge in [0.1, 0.15) is 24.6 Å². The van der Waals surface area contributed by atoms with Crippen LogP contribution in [0.1, 0.15) is 52.7 Å². The third-order valence-corrected chi connectivity index (χ3v) is 4.98. The molecule has 3 aromatic rings. The van der Waals surface area contributed by atoms with Gasteiger partial charge in [-0.15, -0.1) is 5.10 Å². The van der Waals surface area contributed by atoms with E-state index in [1.54, 1.807) is 25.1 Å². The minimum Gasteiger partial charge on any atom is -0.491 e. The van der Waals surface area contributed by atoms with E-state index in [2.05, 4.69) is 15.5 Å². The summed E-state index contributed by atoms with van der Waals surface area (Å²) in [5.41, 5.74) is 2.21.